The van der Waals surface area contributed by atoms with E-state index < -0.39 is 0 Å². The minimum Gasteiger partial charge on any atom is -0.390 e. The average molecular weight is 322 g/mol. The molecule has 0 fully saturated rings. The van der Waals surface area contributed by atoms with Crippen LogP contribution in [0.2, 0.25) is 5.02 Å². The highest BCUT2D eigenvalue weighted by Gasteiger charge is 2.18. The topological polar surface area (TPSA) is 50.4 Å². The van der Waals surface area contributed by atoms with Gasteiger partial charge in [-0.3, -0.25) is 0 Å². The molecule has 0 unspecified atom stereocenters. The third-order valence-electron chi connectivity index (χ3n) is 3.33. The van der Waals surface area contributed by atoms with E-state index in [1.807, 2.05) is 24.3 Å². The number of hydrogen-bond acceptors (Lipinski definition) is 4. The molecule has 0 aliphatic rings. The molecule has 21 heavy (non-hydrogen) atoms. The van der Waals surface area contributed by atoms with Gasteiger partial charge in [-0.05, 0) is 23.6 Å². The number of benzene rings is 1. The summed E-state index contributed by atoms with van der Waals surface area (Å²) in [6.45, 7) is 4.10. The number of imidazole rings is 1. The largest absolute Gasteiger partial charge is 0.390 e. The maximum Gasteiger partial charge on any atom is 0.212 e. The standard InChI is InChI=1S/C15H16ClN3OS/c1-9(2)14-12(8-20)19-15(17-14)21-13(18-19)7-10-3-5-11(16)6-4-10/h3-6,9,20H,7-8H2,1-2H3. The molecule has 0 bridgehead atoms. The first-order valence-electron chi connectivity index (χ1n) is 6.81. The van der Waals surface area contributed by atoms with Crippen LogP contribution in [0.1, 0.15) is 41.7 Å². The van der Waals surface area contributed by atoms with Crippen molar-refractivity contribution in [2.75, 3.05) is 0 Å². The minimum atomic E-state index is -0.0429. The summed E-state index contributed by atoms with van der Waals surface area (Å²) >= 11 is 7.45. The second-order valence-corrected chi connectivity index (χ2v) is 6.73. The fourth-order valence-electron chi connectivity index (χ4n) is 2.30. The number of aromatic nitrogens is 3. The van der Waals surface area contributed by atoms with Crippen molar-refractivity contribution < 1.29 is 5.11 Å². The summed E-state index contributed by atoms with van der Waals surface area (Å²) in [5.74, 6) is 0.278. The van der Waals surface area contributed by atoms with Crippen LogP contribution in [0.25, 0.3) is 4.96 Å². The van der Waals surface area contributed by atoms with Gasteiger partial charge in [-0.25, -0.2) is 9.50 Å². The number of nitrogens with zero attached hydrogens (tertiary/aromatic N) is 3. The second kappa shape index (κ2) is 5.75. The molecule has 0 radical (unpaired) electrons. The van der Waals surface area contributed by atoms with Crippen molar-refractivity contribution in [1.29, 1.82) is 0 Å². The highest BCUT2D eigenvalue weighted by molar-refractivity contribution is 7.16. The number of rotatable bonds is 4. The number of aliphatic hydroxyl groups is 1. The fraction of sp³-hybridized carbons (Fsp3) is 0.333. The van der Waals surface area contributed by atoms with E-state index in [1.165, 1.54) is 0 Å². The maximum absolute atomic E-state index is 9.57. The molecule has 0 saturated heterocycles. The Morgan fingerprint density at radius 3 is 2.62 bits per heavy atom. The molecule has 0 aliphatic carbocycles. The highest BCUT2D eigenvalue weighted by atomic mass is 35.5. The van der Waals surface area contributed by atoms with Crippen LogP contribution >= 0.6 is 22.9 Å². The van der Waals surface area contributed by atoms with Gasteiger partial charge in [0.25, 0.3) is 0 Å². The van der Waals surface area contributed by atoms with Crippen molar-refractivity contribution in [2.45, 2.75) is 32.8 Å². The Bertz CT molecular complexity index is 761. The summed E-state index contributed by atoms with van der Waals surface area (Å²) in [5, 5.41) is 15.9. The molecule has 0 spiro atoms. The van der Waals surface area contributed by atoms with E-state index in [0.29, 0.717) is 0 Å². The molecule has 6 heteroatoms. The Labute approximate surface area is 132 Å². The molecule has 3 aromatic rings. The summed E-state index contributed by atoms with van der Waals surface area (Å²) in [4.78, 5) is 5.44. The van der Waals surface area contributed by atoms with Crippen molar-refractivity contribution in [2.24, 2.45) is 0 Å². The molecule has 110 valence electrons. The zero-order chi connectivity index (χ0) is 15.0. The lowest BCUT2D eigenvalue weighted by molar-refractivity contribution is 0.272. The lowest BCUT2D eigenvalue weighted by Gasteiger charge is -2.03. The number of fused-ring (bicyclic) bond motifs is 1. The first-order valence-corrected chi connectivity index (χ1v) is 8.00. The Kier molecular flexibility index (Phi) is 3.97. The van der Waals surface area contributed by atoms with Gasteiger partial charge in [0.05, 0.1) is 18.0 Å². The first-order chi connectivity index (χ1) is 10.1. The van der Waals surface area contributed by atoms with Gasteiger partial charge >= 0.3 is 0 Å². The summed E-state index contributed by atoms with van der Waals surface area (Å²) in [6, 6.07) is 7.76. The molecular weight excluding hydrogens is 306 g/mol. The molecule has 0 amide bonds. The highest BCUT2D eigenvalue weighted by Crippen LogP contribution is 2.25. The molecule has 0 saturated carbocycles. The molecule has 1 N–H and O–H groups in total. The van der Waals surface area contributed by atoms with Crippen LogP contribution in [-0.4, -0.2) is 19.7 Å². The third kappa shape index (κ3) is 2.81. The summed E-state index contributed by atoms with van der Waals surface area (Å²) in [7, 11) is 0. The minimum absolute atomic E-state index is 0.0429. The monoisotopic (exact) mass is 321 g/mol. The van der Waals surface area contributed by atoms with Crippen LogP contribution in [0.5, 0.6) is 0 Å². The number of halogens is 1. The molecule has 3 rings (SSSR count). The molecule has 0 aliphatic heterocycles. The van der Waals surface area contributed by atoms with Crippen LogP contribution in [0, 0.1) is 0 Å². The normalized spacial score (nSPS) is 11.7. The van der Waals surface area contributed by atoms with Gasteiger partial charge in [-0.1, -0.05) is 48.9 Å². The number of aliphatic hydroxyl groups excluding tert-OH is 1. The van der Waals surface area contributed by atoms with Gasteiger partial charge in [-0.15, -0.1) is 0 Å². The smallest absolute Gasteiger partial charge is 0.212 e. The van der Waals surface area contributed by atoms with Crippen molar-refractivity contribution in [3.63, 3.8) is 0 Å². The van der Waals surface area contributed by atoms with Gasteiger partial charge in [0.2, 0.25) is 4.96 Å². The van der Waals surface area contributed by atoms with Gasteiger partial charge in [0.1, 0.15) is 5.01 Å². The van der Waals surface area contributed by atoms with Crippen LogP contribution in [-0.2, 0) is 13.0 Å². The van der Waals surface area contributed by atoms with Crippen LogP contribution in [0.3, 0.4) is 0 Å². The molecule has 2 aromatic heterocycles. The zero-order valence-corrected chi connectivity index (χ0v) is 13.4. The Hall–Kier alpha value is -1.43. The van der Waals surface area contributed by atoms with E-state index in [4.69, 9.17) is 11.6 Å². The maximum atomic E-state index is 9.57. The van der Waals surface area contributed by atoms with Gasteiger partial charge in [0, 0.05) is 11.4 Å². The summed E-state index contributed by atoms with van der Waals surface area (Å²) < 4.78 is 1.77. The van der Waals surface area contributed by atoms with Gasteiger partial charge < -0.3 is 5.11 Å². The van der Waals surface area contributed by atoms with E-state index in [1.54, 1.807) is 15.9 Å². The van der Waals surface area contributed by atoms with Crippen LogP contribution in [0.15, 0.2) is 24.3 Å². The lowest BCUT2D eigenvalue weighted by Crippen LogP contribution is -2.00. The van der Waals surface area contributed by atoms with Gasteiger partial charge in [-0.2, -0.15) is 5.10 Å². The van der Waals surface area contributed by atoms with Gasteiger partial charge in [0.15, 0.2) is 0 Å². The summed E-state index contributed by atoms with van der Waals surface area (Å²) in [5.41, 5.74) is 2.87. The summed E-state index contributed by atoms with van der Waals surface area (Å²) in [6.07, 6.45) is 0.743. The van der Waals surface area contributed by atoms with E-state index in [-0.39, 0.29) is 12.5 Å². The van der Waals surface area contributed by atoms with Crippen molar-refractivity contribution in [3.05, 3.63) is 51.2 Å². The molecule has 1 aromatic carbocycles. The molecular formula is C15H16ClN3OS. The Morgan fingerprint density at radius 1 is 1.29 bits per heavy atom. The zero-order valence-electron chi connectivity index (χ0n) is 11.9. The third-order valence-corrected chi connectivity index (χ3v) is 4.49. The predicted molar refractivity (Wildman–Crippen MR) is 85.1 cm³/mol. The molecule has 4 nitrogen and oxygen atoms in total. The second-order valence-electron chi connectivity index (χ2n) is 5.25. The quantitative estimate of drug-likeness (QED) is 0.798. The van der Waals surface area contributed by atoms with Crippen molar-refractivity contribution in [3.8, 4) is 0 Å². The molecule has 2 heterocycles. The van der Waals surface area contributed by atoms with E-state index in [9.17, 15) is 5.11 Å². The van der Waals surface area contributed by atoms with Crippen LogP contribution in [0.4, 0.5) is 0 Å². The van der Waals surface area contributed by atoms with E-state index in [2.05, 4.69) is 23.9 Å². The fourth-order valence-corrected chi connectivity index (χ4v) is 3.38. The first kappa shape index (κ1) is 14.5. The Morgan fingerprint density at radius 2 is 2.00 bits per heavy atom. The predicted octanol–water partition coefficient (Wildman–Crippen LogP) is 3.65. The van der Waals surface area contributed by atoms with Crippen molar-refractivity contribution in [1.82, 2.24) is 14.6 Å². The average Bonchev–Trinajstić information content (AvgIpc) is 2.98. The lowest BCUT2D eigenvalue weighted by atomic mass is 10.1. The van der Waals surface area contributed by atoms with Crippen LogP contribution < -0.4 is 0 Å². The van der Waals surface area contributed by atoms with Crippen molar-refractivity contribution >= 4 is 27.9 Å². The van der Waals surface area contributed by atoms with E-state index >= 15 is 0 Å². The molecule has 0 atom stereocenters. The number of hydrogen-bond donors (Lipinski definition) is 1. The SMILES string of the molecule is CC(C)c1nc2sc(Cc3ccc(Cl)cc3)nn2c1CO. The van der Waals surface area contributed by atoms with E-state index in [0.717, 1.165) is 38.4 Å². The Balaban J connectivity index is 1.94.